The van der Waals surface area contributed by atoms with E-state index in [9.17, 15) is 5.11 Å². The zero-order valence-corrected chi connectivity index (χ0v) is 10.6. The predicted octanol–water partition coefficient (Wildman–Crippen LogP) is 1.53. The molecule has 0 spiro atoms. The Bertz CT molecular complexity index is 353. The fourth-order valence-electron chi connectivity index (χ4n) is 2.20. The second-order valence-corrected chi connectivity index (χ2v) is 5.03. The van der Waals surface area contributed by atoms with Gasteiger partial charge in [-0.3, -0.25) is 4.90 Å². The maximum Gasteiger partial charge on any atom is 0.0994 e. The van der Waals surface area contributed by atoms with Crippen LogP contribution in [0.3, 0.4) is 0 Å². The van der Waals surface area contributed by atoms with E-state index in [4.69, 9.17) is 4.74 Å². The van der Waals surface area contributed by atoms with Gasteiger partial charge in [0.25, 0.3) is 0 Å². The van der Waals surface area contributed by atoms with Crippen LogP contribution in [-0.4, -0.2) is 42.9 Å². The van der Waals surface area contributed by atoms with Crippen molar-refractivity contribution in [1.82, 2.24) is 4.90 Å². The first-order valence-corrected chi connectivity index (χ1v) is 6.17. The first kappa shape index (κ1) is 12.6. The molecule has 1 aliphatic rings. The summed E-state index contributed by atoms with van der Waals surface area (Å²) in [5.41, 5.74) is 1.41. The van der Waals surface area contributed by atoms with E-state index in [-0.39, 0.29) is 0 Å². The average Bonchev–Trinajstić information content (AvgIpc) is 2.30. The smallest absolute Gasteiger partial charge is 0.0994 e. The third kappa shape index (κ3) is 3.28. The van der Waals surface area contributed by atoms with Crippen LogP contribution in [0.15, 0.2) is 24.3 Å². The fraction of sp³-hybridized carbons (Fsp3) is 0.571. The second-order valence-electron chi connectivity index (χ2n) is 5.03. The number of nitrogens with zero attached hydrogens (tertiary/aromatic N) is 1. The molecule has 0 aromatic heterocycles. The Morgan fingerprint density at radius 1 is 1.24 bits per heavy atom. The molecular formula is C14H21NO2. The van der Waals surface area contributed by atoms with Crippen LogP contribution < -0.4 is 0 Å². The molecule has 2 rings (SSSR count). The molecule has 0 unspecified atom stereocenters. The van der Waals surface area contributed by atoms with Gasteiger partial charge in [-0.15, -0.1) is 0 Å². The van der Waals surface area contributed by atoms with Crippen molar-refractivity contribution in [3.8, 4) is 0 Å². The molecule has 1 fully saturated rings. The van der Waals surface area contributed by atoms with Crippen molar-refractivity contribution in [2.75, 3.05) is 32.8 Å². The molecule has 3 nitrogen and oxygen atoms in total. The van der Waals surface area contributed by atoms with Crippen molar-refractivity contribution in [3.05, 3.63) is 35.4 Å². The Hall–Kier alpha value is -0.900. The normalized spacial score (nSPS) is 21.1. The van der Waals surface area contributed by atoms with Gasteiger partial charge in [-0.05, 0) is 19.4 Å². The minimum Gasteiger partial charge on any atom is -0.384 e. The maximum absolute atomic E-state index is 10.5. The quantitative estimate of drug-likeness (QED) is 0.862. The van der Waals surface area contributed by atoms with Gasteiger partial charge in [0, 0.05) is 19.6 Å². The topological polar surface area (TPSA) is 32.7 Å². The summed E-state index contributed by atoms with van der Waals surface area (Å²) in [6.07, 6.45) is 0. The van der Waals surface area contributed by atoms with Crippen LogP contribution >= 0.6 is 0 Å². The standard InChI is InChI=1S/C14H21NO2/c1-12-3-5-13(6-4-12)14(2,16)11-15-7-9-17-10-8-15/h3-6,16H,7-11H2,1-2H3/t14-/m1/s1. The highest BCUT2D eigenvalue weighted by Gasteiger charge is 2.26. The van der Waals surface area contributed by atoms with E-state index in [0.29, 0.717) is 6.54 Å². The SMILES string of the molecule is Cc1ccc([C@](C)(O)CN2CCOCC2)cc1. The van der Waals surface area contributed by atoms with Gasteiger partial charge in [-0.25, -0.2) is 0 Å². The molecule has 94 valence electrons. The Labute approximate surface area is 103 Å². The molecule has 0 amide bonds. The molecule has 1 aliphatic heterocycles. The average molecular weight is 235 g/mol. The third-order valence-electron chi connectivity index (χ3n) is 3.31. The van der Waals surface area contributed by atoms with E-state index >= 15 is 0 Å². The van der Waals surface area contributed by atoms with Gasteiger partial charge in [-0.1, -0.05) is 29.8 Å². The Kier molecular flexibility index (Phi) is 3.82. The predicted molar refractivity (Wildman–Crippen MR) is 68.0 cm³/mol. The molecule has 1 N–H and O–H groups in total. The first-order valence-electron chi connectivity index (χ1n) is 6.17. The van der Waals surface area contributed by atoms with Crippen molar-refractivity contribution < 1.29 is 9.84 Å². The van der Waals surface area contributed by atoms with Crippen molar-refractivity contribution in [3.63, 3.8) is 0 Å². The van der Waals surface area contributed by atoms with E-state index in [1.54, 1.807) is 0 Å². The molecule has 0 saturated carbocycles. The van der Waals surface area contributed by atoms with Gasteiger partial charge < -0.3 is 9.84 Å². The van der Waals surface area contributed by atoms with Gasteiger partial charge in [0.15, 0.2) is 0 Å². The Balaban J connectivity index is 2.04. The molecule has 0 aliphatic carbocycles. The van der Waals surface area contributed by atoms with Gasteiger partial charge in [0.1, 0.15) is 0 Å². The number of hydrogen-bond donors (Lipinski definition) is 1. The van der Waals surface area contributed by atoms with Crippen LogP contribution in [0.4, 0.5) is 0 Å². The monoisotopic (exact) mass is 235 g/mol. The van der Waals surface area contributed by atoms with Gasteiger partial charge in [0.05, 0.1) is 18.8 Å². The van der Waals surface area contributed by atoms with E-state index in [2.05, 4.69) is 11.8 Å². The number of ether oxygens (including phenoxy) is 1. The summed E-state index contributed by atoms with van der Waals surface area (Å²) < 4.78 is 5.31. The lowest BCUT2D eigenvalue weighted by atomic mass is 9.94. The highest BCUT2D eigenvalue weighted by atomic mass is 16.5. The van der Waals surface area contributed by atoms with E-state index in [0.717, 1.165) is 31.9 Å². The van der Waals surface area contributed by atoms with Crippen LogP contribution in [0.5, 0.6) is 0 Å². The number of hydrogen-bond acceptors (Lipinski definition) is 3. The second kappa shape index (κ2) is 5.17. The van der Waals surface area contributed by atoms with Crippen molar-refractivity contribution in [2.24, 2.45) is 0 Å². The maximum atomic E-state index is 10.5. The lowest BCUT2D eigenvalue weighted by Crippen LogP contribution is -2.44. The van der Waals surface area contributed by atoms with E-state index in [1.165, 1.54) is 5.56 Å². The molecule has 0 bridgehead atoms. The molecule has 17 heavy (non-hydrogen) atoms. The molecule has 1 aromatic rings. The van der Waals surface area contributed by atoms with E-state index in [1.807, 2.05) is 31.2 Å². The summed E-state index contributed by atoms with van der Waals surface area (Å²) in [5.74, 6) is 0. The highest BCUT2D eigenvalue weighted by molar-refractivity contribution is 5.26. The summed E-state index contributed by atoms with van der Waals surface area (Å²) >= 11 is 0. The number of aliphatic hydroxyl groups is 1. The molecule has 0 radical (unpaired) electrons. The third-order valence-corrected chi connectivity index (χ3v) is 3.31. The zero-order valence-electron chi connectivity index (χ0n) is 10.6. The van der Waals surface area contributed by atoms with Crippen LogP contribution in [0, 0.1) is 6.92 Å². The van der Waals surface area contributed by atoms with Crippen molar-refractivity contribution >= 4 is 0 Å². The van der Waals surface area contributed by atoms with Crippen LogP contribution in [-0.2, 0) is 10.3 Å². The summed E-state index contributed by atoms with van der Waals surface area (Å²) in [5, 5.41) is 10.5. The van der Waals surface area contributed by atoms with Gasteiger partial charge >= 0.3 is 0 Å². The molecular weight excluding hydrogens is 214 g/mol. The molecule has 1 atom stereocenters. The minimum absolute atomic E-state index is 0.666. The number of aryl methyl sites for hydroxylation is 1. The molecule has 3 heteroatoms. The van der Waals surface area contributed by atoms with Crippen molar-refractivity contribution in [2.45, 2.75) is 19.4 Å². The summed E-state index contributed by atoms with van der Waals surface area (Å²) in [6.45, 7) is 7.95. The van der Waals surface area contributed by atoms with Crippen LogP contribution in [0.2, 0.25) is 0 Å². The number of morpholine rings is 1. The van der Waals surface area contributed by atoms with Crippen LogP contribution in [0.1, 0.15) is 18.1 Å². The Morgan fingerprint density at radius 3 is 2.41 bits per heavy atom. The summed E-state index contributed by atoms with van der Waals surface area (Å²) in [7, 11) is 0. The summed E-state index contributed by atoms with van der Waals surface area (Å²) in [6, 6.07) is 8.11. The van der Waals surface area contributed by atoms with Gasteiger partial charge in [-0.2, -0.15) is 0 Å². The molecule has 1 aromatic carbocycles. The Morgan fingerprint density at radius 2 is 1.82 bits per heavy atom. The van der Waals surface area contributed by atoms with Crippen LogP contribution in [0.25, 0.3) is 0 Å². The lowest BCUT2D eigenvalue weighted by molar-refractivity contribution is -0.0254. The number of rotatable bonds is 3. The molecule has 1 heterocycles. The highest BCUT2D eigenvalue weighted by Crippen LogP contribution is 2.22. The summed E-state index contributed by atoms with van der Waals surface area (Å²) in [4.78, 5) is 2.25. The van der Waals surface area contributed by atoms with E-state index < -0.39 is 5.60 Å². The minimum atomic E-state index is -0.787. The van der Waals surface area contributed by atoms with Gasteiger partial charge in [0.2, 0.25) is 0 Å². The number of benzene rings is 1. The zero-order chi connectivity index (χ0) is 12.3. The number of β-amino-alcohol motifs (C(OH)–C–C–N with tert-alkyl or cyclic N) is 1. The largest absolute Gasteiger partial charge is 0.384 e. The first-order chi connectivity index (χ1) is 8.08. The lowest BCUT2D eigenvalue weighted by Gasteiger charge is -2.34. The molecule has 1 saturated heterocycles. The van der Waals surface area contributed by atoms with Crippen molar-refractivity contribution in [1.29, 1.82) is 0 Å². The fourth-order valence-corrected chi connectivity index (χ4v) is 2.20.